The fraction of sp³-hybridized carbons (Fsp3) is 0.308. The van der Waals surface area contributed by atoms with Crippen molar-refractivity contribution in [2.24, 2.45) is 0 Å². The maximum absolute atomic E-state index is 11.7. The number of hydrogen-bond acceptors (Lipinski definition) is 4. The van der Waals surface area contributed by atoms with E-state index in [2.05, 4.69) is 22.2 Å². The van der Waals surface area contributed by atoms with Crippen LogP contribution in [0.15, 0.2) is 41.5 Å². The summed E-state index contributed by atoms with van der Waals surface area (Å²) < 4.78 is 1.62. The van der Waals surface area contributed by atoms with Crippen LogP contribution in [-0.4, -0.2) is 14.5 Å². The zero-order valence-electron chi connectivity index (χ0n) is 10.3. The lowest BCUT2D eigenvalue weighted by atomic mass is 10.3. The van der Waals surface area contributed by atoms with Gasteiger partial charge >= 0.3 is 5.69 Å². The Labute approximate surface area is 106 Å². The summed E-state index contributed by atoms with van der Waals surface area (Å²) in [5, 5.41) is 2.99. The SMILES string of the molecule is CCCCn1ccc(Nc2ccccn2)nc1=O. The number of anilines is 2. The normalized spacial score (nSPS) is 10.3. The Morgan fingerprint density at radius 3 is 2.83 bits per heavy atom. The predicted octanol–water partition coefficient (Wildman–Crippen LogP) is 2.18. The minimum absolute atomic E-state index is 0.232. The number of nitrogens with one attached hydrogen (secondary N) is 1. The summed E-state index contributed by atoms with van der Waals surface area (Å²) in [6.45, 7) is 2.81. The largest absolute Gasteiger partial charge is 0.349 e. The number of pyridine rings is 1. The number of nitrogens with zero attached hydrogens (tertiary/aromatic N) is 3. The summed E-state index contributed by atoms with van der Waals surface area (Å²) >= 11 is 0. The van der Waals surface area contributed by atoms with Crippen molar-refractivity contribution in [1.82, 2.24) is 14.5 Å². The van der Waals surface area contributed by atoms with Gasteiger partial charge in [-0.1, -0.05) is 19.4 Å². The van der Waals surface area contributed by atoms with Crippen molar-refractivity contribution in [2.75, 3.05) is 5.32 Å². The molecule has 0 spiro atoms. The van der Waals surface area contributed by atoms with E-state index in [0.29, 0.717) is 18.2 Å². The fourth-order valence-corrected chi connectivity index (χ4v) is 1.57. The van der Waals surface area contributed by atoms with Crippen molar-refractivity contribution in [1.29, 1.82) is 0 Å². The molecule has 0 unspecified atom stereocenters. The van der Waals surface area contributed by atoms with Gasteiger partial charge in [0.2, 0.25) is 0 Å². The van der Waals surface area contributed by atoms with Gasteiger partial charge in [0.25, 0.3) is 0 Å². The Morgan fingerprint density at radius 2 is 2.17 bits per heavy atom. The molecule has 5 nitrogen and oxygen atoms in total. The van der Waals surface area contributed by atoms with Crippen molar-refractivity contribution in [3.05, 3.63) is 47.1 Å². The molecular formula is C13H16N4O. The Bertz CT molecular complexity index is 550. The fourth-order valence-electron chi connectivity index (χ4n) is 1.57. The summed E-state index contributed by atoms with van der Waals surface area (Å²) in [6.07, 6.45) is 5.48. The minimum atomic E-state index is -0.232. The van der Waals surface area contributed by atoms with E-state index in [4.69, 9.17) is 0 Å². The van der Waals surface area contributed by atoms with Crippen LogP contribution in [-0.2, 0) is 6.54 Å². The molecule has 0 aliphatic carbocycles. The van der Waals surface area contributed by atoms with E-state index in [1.165, 1.54) is 0 Å². The lowest BCUT2D eigenvalue weighted by Gasteiger charge is -2.06. The van der Waals surface area contributed by atoms with Gasteiger partial charge in [-0.2, -0.15) is 4.98 Å². The van der Waals surface area contributed by atoms with Crippen molar-refractivity contribution in [2.45, 2.75) is 26.3 Å². The maximum atomic E-state index is 11.7. The second-order valence-electron chi connectivity index (χ2n) is 3.98. The number of rotatable bonds is 5. The van der Waals surface area contributed by atoms with Crippen LogP contribution < -0.4 is 11.0 Å². The van der Waals surface area contributed by atoms with E-state index in [-0.39, 0.29) is 5.69 Å². The quantitative estimate of drug-likeness (QED) is 0.875. The smallest absolute Gasteiger partial charge is 0.325 e. The molecule has 0 bridgehead atoms. The van der Waals surface area contributed by atoms with Crippen molar-refractivity contribution in [3.63, 3.8) is 0 Å². The van der Waals surface area contributed by atoms with Gasteiger partial charge in [0.05, 0.1) is 0 Å². The summed E-state index contributed by atoms with van der Waals surface area (Å²) in [5.41, 5.74) is -0.232. The number of aromatic nitrogens is 3. The molecule has 0 fully saturated rings. The summed E-state index contributed by atoms with van der Waals surface area (Å²) in [4.78, 5) is 19.8. The Morgan fingerprint density at radius 1 is 1.28 bits per heavy atom. The van der Waals surface area contributed by atoms with E-state index in [1.54, 1.807) is 23.0 Å². The highest BCUT2D eigenvalue weighted by Crippen LogP contribution is 2.08. The Hall–Kier alpha value is -2.17. The lowest BCUT2D eigenvalue weighted by molar-refractivity contribution is 0.600. The van der Waals surface area contributed by atoms with Crippen LogP contribution >= 0.6 is 0 Å². The molecule has 0 aliphatic heterocycles. The zero-order chi connectivity index (χ0) is 12.8. The van der Waals surface area contributed by atoms with Crippen LogP contribution in [0.25, 0.3) is 0 Å². The monoisotopic (exact) mass is 244 g/mol. The predicted molar refractivity (Wildman–Crippen MR) is 70.9 cm³/mol. The molecular weight excluding hydrogens is 228 g/mol. The molecule has 0 radical (unpaired) electrons. The summed E-state index contributed by atoms with van der Waals surface area (Å²) in [7, 11) is 0. The second kappa shape index (κ2) is 5.95. The number of hydrogen-bond donors (Lipinski definition) is 1. The van der Waals surface area contributed by atoms with Crippen LogP contribution in [0.3, 0.4) is 0 Å². The zero-order valence-corrected chi connectivity index (χ0v) is 10.3. The van der Waals surface area contributed by atoms with Crippen molar-refractivity contribution >= 4 is 11.6 Å². The molecule has 2 aromatic heterocycles. The van der Waals surface area contributed by atoms with Gasteiger partial charge in [-0.15, -0.1) is 0 Å². The molecule has 0 saturated heterocycles. The maximum Gasteiger partial charge on any atom is 0.349 e. The first-order valence-electron chi connectivity index (χ1n) is 6.05. The van der Waals surface area contributed by atoms with E-state index >= 15 is 0 Å². The number of unbranched alkanes of at least 4 members (excludes halogenated alkanes) is 1. The molecule has 0 aromatic carbocycles. The molecule has 94 valence electrons. The molecule has 2 aromatic rings. The number of aryl methyl sites for hydroxylation is 1. The molecule has 2 rings (SSSR count). The molecule has 0 atom stereocenters. The molecule has 2 heterocycles. The van der Waals surface area contributed by atoms with Gasteiger partial charge in [0.15, 0.2) is 0 Å². The molecule has 18 heavy (non-hydrogen) atoms. The average Bonchev–Trinajstić information content (AvgIpc) is 2.39. The van der Waals surface area contributed by atoms with Gasteiger partial charge in [0, 0.05) is 18.9 Å². The van der Waals surface area contributed by atoms with E-state index < -0.39 is 0 Å². The minimum Gasteiger partial charge on any atom is -0.325 e. The molecule has 1 N–H and O–H groups in total. The highest BCUT2D eigenvalue weighted by Gasteiger charge is 2.00. The van der Waals surface area contributed by atoms with Crippen LogP contribution in [0.5, 0.6) is 0 Å². The summed E-state index contributed by atoms with van der Waals surface area (Å²) in [5.74, 6) is 1.20. The van der Waals surface area contributed by atoms with Crippen molar-refractivity contribution in [3.8, 4) is 0 Å². The lowest BCUT2D eigenvalue weighted by Crippen LogP contribution is -2.23. The first-order valence-corrected chi connectivity index (χ1v) is 6.05. The first kappa shape index (κ1) is 12.3. The van der Waals surface area contributed by atoms with Gasteiger partial charge in [-0.3, -0.25) is 4.57 Å². The topological polar surface area (TPSA) is 59.8 Å². The van der Waals surface area contributed by atoms with E-state index in [9.17, 15) is 4.79 Å². The summed E-state index contributed by atoms with van der Waals surface area (Å²) in [6, 6.07) is 7.31. The molecule has 0 aliphatic rings. The van der Waals surface area contributed by atoms with Crippen LogP contribution in [0, 0.1) is 0 Å². The first-order chi connectivity index (χ1) is 8.79. The van der Waals surface area contributed by atoms with Gasteiger partial charge < -0.3 is 5.32 Å². The standard InChI is InChI=1S/C13H16N4O/c1-2-3-9-17-10-7-12(16-13(17)18)15-11-6-4-5-8-14-11/h4-8,10H,2-3,9H2,1H3,(H,14,15,16,18). The van der Waals surface area contributed by atoms with Gasteiger partial charge in [-0.25, -0.2) is 9.78 Å². The third kappa shape index (κ3) is 3.16. The second-order valence-corrected chi connectivity index (χ2v) is 3.98. The highest BCUT2D eigenvalue weighted by atomic mass is 16.1. The van der Waals surface area contributed by atoms with Crippen LogP contribution in [0.4, 0.5) is 11.6 Å². The average molecular weight is 244 g/mol. The van der Waals surface area contributed by atoms with Crippen LogP contribution in [0.2, 0.25) is 0 Å². The molecule has 0 saturated carbocycles. The van der Waals surface area contributed by atoms with Gasteiger partial charge in [0.1, 0.15) is 11.6 Å². The van der Waals surface area contributed by atoms with Crippen molar-refractivity contribution < 1.29 is 0 Å². The van der Waals surface area contributed by atoms with Gasteiger partial charge in [-0.05, 0) is 24.6 Å². The Balaban J connectivity index is 2.12. The molecule has 5 heteroatoms. The highest BCUT2D eigenvalue weighted by molar-refractivity contribution is 5.49. The van der Waals surface area contributed by atoms with E-state index in [1.807, 2.05) is 18.2 Å². The van der Waals surface area contributed by atoms with Crippen LogP contribution in [0.1, 0.15) is 19.8 Å². The Kier molecular flexibility index (Phi) is 4.06. The third-order valence-electron chi connectivity index (χ3n) is 2.55. The third-order valence-corrected chi connectivity index (χ3v) is 2.55. The molecule has 0 amide bonds. The van der Waals surface area contributed by atoms with E-state index in [0.717, 1.165) is 12.8 Å².